The van der Waals surface area contributed by atoms with Crippen molar-refractivity contribution in [2.75, 3.05) is 18.6 Å². The number of ether oxygens (including phenoxy) is 1. The van der Waals surface area contributed by atoms with Crippen LogP contribution in [-0.2, 0) is 19.8 Å². The Balaban J connectivity index is 2.40. The topological polar surface area (TPSA) is 80.8 Å². The van der Waals surface area contributed by atoms with Crippen LogP contribution in [0.15, 0.2) is 18.2 Å². The molecule has 1 fully saturated rings. The predicted molar refractivity (Wildman–Crippen MR) is 68.5 cm³/mol. The second-order valence-electron chi connectivity index (χ2n) is 4.44. The summed E-state index contributed by atoms with van der Waals surface area (Å²) >= 11 is 0. The highest BCUT2D eigenvalue weighted by Crippen LogP contribution is 2.29. The number of benzene rings is 1. The van der Waals surface area contributed by atoms with Gasteiger partial charge in [0, 0.05) is 13.0 Å². The van der Waals surface area contributed by atoms with Crippen LogP contribution in [0, 0.1) is 5.82 Å². The standard InChI is InChI=1S/C12H11F2NO5S/c1-20-12(17)8-3-2-4-9(11(8)13)15-6-7(5-10(15)16)21(14,18)19/h2-4,7H,5-6H2,1H3. The molecule has 1 heterocycles. The highest BCUT2D eigenvalue weighted by molar-refractivity contribution is 7.87. The average molecular weight is 319 g/mol. The molecule has 1 unspecified atom stereocenters. The monoisotopic (exact) mass is 319 g/mol. The first-order valence-electron chi connectivity index (χ1n) is 5.86. The normalized spacial score (nSPS) is 18.9. The van der Waals surface area contributed by atoms with Gasteiger partial charge in [0.2, 0.25) is 5.91 Å². The van der Waals surface area contributed by atoms with Crippen molar-refractivity contribution in [2.45, 2.75) is 11.7 Å². The van der Waals surface area contributed by atoms with Gasteiger partial charge < -0.3 is 9.64 Å². The zero-order valence-electron chi connectivity index (χ0n) is 10.9. The molecule has 2 rings (SSSR count). The molecule has 0 spiro atoms. The van der Waals surface area contributed by atoms with Gasteiger partial charge in [0.05, 0.1) is 18.4 Å². The van der Waals surface area contributed by atoms with Crippen LogP contribution in [0.3, 0.4) is 0 Å². The Bertz CT molecular complexity index is 704. The van der Waals surface area contributed by atoms with Crippen molar-refractivity contribution >= 4 is 27.8 Å². The highest BCUT2D eigenvalue weighted by Gasteiger charge is 2.40. The van der Waals surface area contributed by atoms with Gasteiger partial charge in [0.25, 0.3) is 0 Å². The smallest absolute Gasteiger partial charge is 0.340 e. The molecule has 0 N–H and O–H groups in total. The van der Waals surface area contributed by atoms with Crippen molar-refractivity contribution in [3.05, 3.63) is 29.6 Å². The molecule has 1 amide bonds. The molecule has 0 bridgehead atoms. The van der Waals surface area contributed by atoms with Crippen LogP contribution in [0.25, 0.3) is 0 Å². The molecule has 114 valence electrons. The fourth-order valence-corrected chi connectivity index (χ4v) is 2.76. The Labute approximate surface area is 119 Å². The third-order valence-electron chi connectivity index (χ3n) is 3.16. The number of nitrogens with zero attached hydrogens (tertiary/aromatic N) is 1. The molecule has 0 radical (unpaired) electrons. The van der Waals surface area contributed by atoms with Crippen LogP contribution < -0.4 is 4.90 Å². The van der Waals surface area contributed by atoms with Gasteiger partial charge in [-0.3, -0.25) is 4.79 Å². The lowest BCUT2D eigenvalue weighted by Crippen LogP contribution is -2.28. The molecule has 1 aliphatic heterocycles. The van der Waals surface area contributed by atoms with Gasteiger partial charge in [0.1, 0.15) is 5.25 Å². The molecule has 1 aromatic rings. The van der Waals surface area contributed by atoms with Gasteiger partial charge in [0.15, 0.2) is 5.82 Å². The Hall–Kier alpha value is -2.03. The Morgan fingerprint density at radius 1 is 1.43 bits per heavy atom. The molecule has 6 nitrogen and oxygen atoms in total. The number of halogens is 2. The third kappa shape index (κ3) is 2.87. The summed E-state index contributed by atoms with van der Waals surface area (Å²) in [4.78, 5) is 23.9. The van der Waals surface area contributed by atoms with Gasteiger partial charge in [-0.15, -0.1) is 3.89 Å². The van der Waals surface area contributed by atoms with E-state index in [4.69, 9.17) is 0 Å². The van der Waals surface area contributed by atoms with Crippen LogP contribution in [0.1, 0.15) is 16.8 Å². The van der Waals surface area contributed by atoms with Crippen molar-refractivity contribution in [1.82, 2.24) is 0 Å². The lowest BCUT2D eigenvalue weighted by molar-refractivity contribution is -0.117. The summed E-state index contributed by atoms with van der Waals surface area (Å²) in [7, 11) is -3.83. The van der Waals surface area contributed by atoms with Crippen molar-refractivity contribution in [3.8, 4) is 0 Å². The first kappa shape index (κ1) is 15.4. The maximum atomic E-state index is 14.2. The Morgan fingerprint density at radius 2 is 2.10 bits per heavy atom. The number of anilines is 1. The summed E-state index contributed by atoms with van der Waals surface area (Å²) in [6.07, 6.45) is -0.569. The second kappa shape index (κ2) is 5.40. The first-order valence-corrected chi connectivity index (χ1v) is 7.31. The number of carbonyl (C=O) groups excluding carboxylic acids is 2. The number of hydrogen-bond donors (Lipinski definition) is 0. The van der Waals surface area contributed by atoms with E-state index in [1.54, 1.807) is 0 Å². The second-order valence-corrected chi connectivity index (χ2v) is 6.05. The summed E-state index contributed by atoms with van der Waals surface area (Å²) in [5.74, 6) is -2.69. The quantitative estimate of drug-likeness (QED) is 0.614. The van der Waals surface area contributed by atoms with Crippen molar-refractivity contribution in [2.24, 2.45) is 0 Å². The van der Waals surface area contributed by atoms with E-state index in [0.29, 0.717) is 0 Å². The highest BCUT2D eigenvalue weighted by atomic mass is 32.3. The summed E-state index contributed by atoms with van der Waals surface area (Å²) in [6, 6.07) is 3.68. The minimum Gasteiger partial charge on any atom is -0.465 e. The molecule has 1 atom stereocenters. The SMILES string of the molecule is COC(=O)c1cccc(N2CC(S(=O)(=O)F)CC2=O)c1F. The maximum Gasteiger partial charge on any atom is 0.340 e. The number of methoxy groups -OCH3 is 1. The van der Waals surface area contributed by atoms with Gasteiger partial charge in [-0.2, -0.15) is 8.42 Å². The molecular weight excluding hydrogens is 308 g/mol. The minimum atomic E-state index is -4.90. The number of rotatable bonds is 3. The molecule has 9 heteroatoms. The number of carbonyl (C=O) groups is 2. The van der Waals surface area contributed by atoms with Crippen molar-refractivity contribution in [1.29, 1.82) is 0 Å². The van der Waals surface area contributed by atoms with Crippen LogP contribution in [0.4, 0.5) is 14.0 Å². The third-order valence-corrected chi connectivity index (χ3v) is 4.27. The zero-order valence-corrected chi connectivity index (χ0v) is 11.7. The van der Waals surface area contributed by atoms with E-state index < -0.39 is 51.7 Å². The fraction of sp³-hybridized carbons (Fsp3) is 0.333. The molecule has 1 saturated heterocycles. The number of hydrogen-bond acceptors (Lipinski definition) is 5. The van der Waals surface area contributed by atoms with Crippen LogP contribution in [0.2, 0.25) is 0 Å². The van der Waals surface area contributed by atoms with E-state index in [0.717, 1.165) is 18.1 Å². The minimum absolute atomic E-state index is 0.283. The number of amides is 1. The van der Waals surface area contributed by atoms with E-state index in [1.807, 2.05) is 0 Å². The van der Waals surface area contributed by atoms with E-state index in [1.165, 1.54) is 12.1 Å². The van der Waals surface area contributed by atoms with Gasteiger partial charge in [-0.25, -0.2) is 9.18 Å². The Morgan fingerprint density at radius 3 is 2.62 bits per heavy atom. The number of esters is 1. The Kier molecular flexibility index (Phi) is 3.95. The van der Waals surface area contributed by atoms with Crippen LogP contribution in [-0.4, -0.2) is 39.2 Å². The van der Waals surface area contributed by atoms with Gasteiger partial charge >= 0.3 is 16.2 Å². The fourth-order valence-electron chi connectivity index (χ4n) is 2.09. The molecule has 0 aliphatic carbocycles. The maximum absolute atomic E-state index is 14.2. The summed E-state index contributed by atoms with van der Waals surface area (Å²) in [5, 5.41) is -1.54. The first-order chi connectivity index (χ1) is 9.75. The summed E-state index contributed by atoms with van der Waals surface area (Å²) in [6.45, 7) is -0.501. The molecule has 1 aliphatic rings. The predicted octanol–water partition coefficient (Wildman–Crippen LogP) is 1.02. The van der Waals surface area contributed by atoms with Crippen molar-refractivity contribution in [3.63, 3.8) is 0 Å². The summed E-state index contributed by atoms with van der Waals surface area (Å²) < 4.78 is 53.3. The summed E-state index contributed by atoms with van der Waals surface area (Å²) in [5.41, 5.74) is -0.677. The molecular formula is C12H11F2NO5S. The van der Waals surface area contributed by atoms with Gasteiger partial charge in [-0.05, 0) is 12.1 Å². The lowest BCUT2D eigenvalue weighted by Gasteiger charge is -2.17. The van der Waals surface area contributed by atoms with Crippen molar-refractivity contribution < 1.29 is 31.0 Å². The average Bonchev–Trinajstić information content (AvgIpc) is 2.80. The molecule has 1 aromatic carbocycles. The van der Waals surface area contributed by atoms with E-state index in [-0.39, 0.29) is 5.69 Å². The lowest BCUT2D eigenvalue weighted by atomic mass is 10.1. The molecule has 0 saturated carbocycles. The zero-order chi connectivity index (χ0) is 15.8. The molecule has 0 aromatic heterocycles. The van der Waals surface area contributed by atoms with E-state index >= 15 is 0 Å². The van der Waals surface area contributed by atoms with E-state index in [9.17, 15) is 26.3 Å². The molecule has 21 heavy (non-hydrogen) atoms. The van der Waals surface area contributed by atoms with Crippen LogP contribution in [0.5, 0.6) is 0 Å². The van der Waals surface area contributed by atoms with Crippen LogP contribution >= 0.6 is 0 Å². The largest absolute Gasteiger partial charge is 0.465 e. The van der Waals surface area contributed by atoms with Gasteiger partial charge in [-0.1, -0.05) is 6.07 Å². The van der Waals surface area contributed by atoms with E-state index in [2.05, 4.69) is 4.74 Å².